The van der Waals surface area contributed by atoms with Crippen LogP contribution in [0.2, 0.25) is 0 Å². The smallest absolute Gasteiger partial charge is 0.169 e. The molecular formula is C66H48N8O. The second-order valence-corrected chi connectivity index (χ2v) is 19.5. The molecule has 0 bridgehead atoms. The van der Waals surface area contributed by atoms with Crippen LogP contribution in [0.4, 0.5) is 11.4 Å². The number of nitrogens with zero attached hydrogens (tertiary/aromatic N) is 5. The van der Waals surface area contributed by atoms with E-state index in [0.717, 1.165) is 95.3 Å². The van der Waals surface area contributed by atoms with Crippen LogP contribution in [-0.4, -0.2) is 22.1 Å². The molecule has 1 aliphatic carbocycles. The lowest BCUT2D eigenvalue weighted by molar-refractivity contribution is 0.409. The summed E-state index contributed by atoms with van der Waals surface area (Å²) in [5.74, 6) is 3.06. The van der Waals surface area contributed by atoms with Gasteiger partial charge in [0.1, 0.15) is 41.2 Å². The number of hydrogen-bond acceptors (Lipinski definition) is 8. The second kappa shape index (κ2) is 17.6. The van der Waals surface area contributed by atoms with Crippen LogP contribution in [-0.2, 0) is 0 Å². The highest BCUT2D eigenvalue weighted by molar-refractivity contribution is 6.17. The molecule has 0 amide bonds. The van der Waals surface area contributed by atoms with Gasteiger partial charge in [0, 0.05) is 55.7 Å². The molecule has 4 aliphatic rings. The number of para-hydroxylation sites is 4. The van der Waals surface area contributed by atoms with Crippen molar-refractivity contribution in [2.75, 3.05) is 4.90 Å². The first-order valence-corrected chi connectivity index (χ1v) is 25.7. The Kier molecular flexibility index (Phi) is 10.1. The number of furan rings is 1. The van der Waals surface area contributed by atoms with Crippen LogP contribution in [0.3, 0.4) is 0 Å². The van der Waals surface area contributed by atoms with Crippen molar-refractivity contribution in [3.8, 4) is 17.0 Å². The summed E-state index contributed by atoms with van der Waals surface area (Å²) in [7, 11) is 0. The van der Waals surface area contributed by atoms with Gasteiger partial charge < -0.3 is 24.5 Å². The maximum absolute atomic E-state index is 7.21. The van der Waals surface area contributed by atoms with Crippen LogP contribution >= 0.6 is 0 Å². The van der Waals surface area contributed by atoms with Crippen molar-refractivity contribution < 1.29 is 4.42 Å². The molecule has 15 rings (SSSR count). The van der Waals surface area contributed by atoms with Gasteiger partial charge in [-0.15, -0.1) is 0 Å². The lowest BCUT2D eigenvalue weighted by atomic mass is 9.78. The maximum atomic E-state index is 7.21. The minimum atomic E-state index is -0.518. The SMILES string of the molecule is c1ccc(C2=NC(c3ccccc3)N=C(c3cc(C4N=C(c5ccccc5)NC(c5ccccc5)N4)ccc3-n3c4c(c5ccccc53)-c3oc5ccccc5c3C3C4c4ccccc4N3c3ccccc3)N2)cc1. The Morgan fingerprint density at radius 3 is 1.85 bits per heavy atom. The molecule has 5 atom stereocenters. The largest absolute Gasteiger partial charge is 0.456 e. The average Bonchev–Trinajstić information content (AvgIpc) is 4.35. The summed E-state index contributed by atoms with van der Waals surface area (Å²) in [6, 6.07) is 85.5. The fraction of sp³-hybridized carbons (Fsp3) is 0.0758. The van der Waals surface area contributed by atoms with E-state index in [-0.39, 0.29) is 18.1 Å². The van der Waals surface area contributed by atoms with Crippen LogP contribution in [0.25, 0.3) is 38.9 Å². The van der Waals surface area contributed by atoms with Gasteiger partial charge in [0.15, 0.2) is 6.17 Å². The first-order valence-electron chi connectivity index (χ1n) is 25.7. The molecule has 3 N–H and O–H groups in total. The lowest BCUT2D eigenvalue weighted by Crippen LogP contribution is -2.45. The average molecular weight is 969 g/mol. The minimum Gasteiger partial charge on any atom is -0.456 e. The van der Waals surface area contributed by atoms with Crippen molar-refractivity contribution in [2.24, 2.45) is 15.0 Å². The molecule has 358 valence electrons. The van der Waals surface area contributed by atoms with E-state index in [0.29, 0.717) is 5.84 Å². The molecular weight excluding hydrogens is 921 g/mol. The minimum absolute atomic E-state index is 0.111. The van der Waals surface area contributed by atoms with Crippen LogP contribution in [0.15, 0.2) is 262 Å². The molecule has 2 aromatic heterocycles. The quantitative estimate of drug-likeness (QED) is 0.141. The summed E-state index contributed by atoms with van der Waals surface area (Å²) in [5, 5.41) is 13.7. The molecule has 0 fully saturated rings. The van der Waals surface area contributed by atoms with Crippen molar-refractivity contribution >= 4 is 50.8 Å². The monoisotopic (exact) mass is 968 g/mol. The number of aliphatic imine (C=N–C) groups is 3. The Balaban J connectivity index is 1.01. The Morgan fingerprint density at radius 1 is 0.480 bits per heavy atom. The van der Waals surface area contributed by atoms with E-state index in [1.807, 2.05) is 18.2 Å². The molecule has 11 aromatic rings. The van der Waals surface area contributed by atoms with Crippen LogP contribution < -0.4 is 20.9 Å². The molecule has 5 unspecified atom stereocenters. The predicted molar refractivity (Wildman–Crippen MR) is 301 cm³/mol. The van der Waals surface area contributed by atoms with Gasteiger partial charge in [-0.1, -0.05) is 200 Å². The number of benzene rings is 9. The highest BCUT2D eigenvalue weighted by atomic mass is 16.3. The van der Waals surface area contributed by atoms with E-state index < -0.39 is 12.3 Å². The molecule has 75 heavy (non-hydrogen) atoms. The second-order valence-electron chi connectivity index (χ2n) is 19.5. The number of anilines is 2. The normalized spacial score (nSPS) is 19.4. The first-order chi connectivity index (χ1) is 37.2. The summed E-state index contributed by atoms with van der Waals surface area (Å²) >= 11 is 0. The number of hydrogen-bond donors (Lipinski definition) is 3. The molecule has 0 spiro atoms. The van der Waals surface area contributed by atoms with E-state index in [4.69, 9.17) is 19.4 Å². The summed E-state index contributed by atoms with van der Waals surface area (Å²) in [6.45, 7) is 0. The van der Waals surface area contributed by atoms with E-state index in [9.17, 15) is 0 Å². The third-order valence-corrected chi connectivity index (χ3v) is 15.3. The summed E-state index contributed by atoms with van der Waals surface area (Å²) in [5.41, 5.74) is 15.9. The van der Waals surface area contributed by atoms with Crippen molar-refractivity contribution in [3.63, 3.8) is 0 Å². The molecule has 0 saturated heterocycles. The Labute approximate surface area is 433 Å². The van der Waals surface area contributed by atoms with Gasteiger partial charge in [-0.05, 0) is 64.7 Å². The molecule has 5 heterocycles. The number of aromatic nitrogens is 1. The molecule has 0 saturated carbocycles. The van der Waals surface area contributed by atoms with Crippen LogP contribution in [0.5, 0.6) is 0 Å². The standard InChI is InChI=1S/C66H48N8O/c1-6-22-41(23-7-1)61-67-62(42-24-8-2-9-25-42)70-65(69-61)45-38-39-53(50(40-45)66-71-63(43-26-10-3-11-27-43)68-64(72-66)44-28-12-4-13-29-44)74-52-36-20-17-33-48(52)56-59(74)55-47-32-16-19-35-51(47)73(46-30-14-5-15-31-46)58(55)57-49-34-18-21-37-54(49)75-60(56)57/h1-40,55,58,61,63,65,69H,(H,67,70)(H,68,71,72). The number of nitrogens with one attached hydrogen (secondary N) is 3. The van der Waals surface area contributed by atoms with Crippen molar-refractivity contribution in [2.45, 2.75) is 30.5 Å². The molecule has 9 heteroatoms. The Hall–Kier alpha value is -9.57. The lowest BCUT2D eigenvalue weighted by Gasteiger charge is -2.35. The Bertz CT molecular complexity index is 4070. The van der Waals surface area contributed by atoms with Crippen LogP contribution in [0, 0.1) is 0 Å². The van der Waals surface area contributed by atoms with E-state index in [1.165, 1.54) is 16.8 Å². The zero-order chi connectivity index (χ0) is 49.4. The number of fused-ring (bicyclic) bond motifs is 12. The zero-order valence-corrected chi connectivity index (χ0v) is 40.6. The van der Waals surface area contributed by atoms with E-state index >= 15 is 0 Å². The third kappa shape index (κ3) is 7.07. The van der Waals surface area contributed by atoms with Gasteiger partial charge in [0.05, 0.1) is 23.2 Å². The van der Waals surface area contributed by atoms with Gasteiger partial charge in [-0.3, -0.25) is 5.32 Å². The van der Waals surface area contributed by atoms with Crippen molar-refractivity contribution in [1.29, 1.82) is 0 Å². The number of rotatable bonds is 8. The van der Waals surface area contributed by atoms with Gasteiger partial charge in [-0.25, -0.2) is 15.0 Å². The Morgan fingerprint density at radius 2 is 1.09 bits per heavy atom. The van der Waals surface area contributed by atoms with Gasteiger partial charge in [0.25, 0.3) is 0 Å². The first kappa shape index (κ1) is 43.1. The summed E-state index contributed by atoms with van der Waals surface area (Å²) in [4.78, 5) is 18.9. The summed E-state index contributed by atoms with van der Waals surface area (Å²) in [6.07, 6.45) is -1.17. The van der Waals surface area contributed by atoms with E-state index in [2.05, 4.69) is 250 Å². The van der Waals surface area contributed by atoms with Crippen LogP contribution in [0.1, 0.15) is 80.7 Å². The predicted octanol–water partition coefficient (Wildman–Crippen LogP) is 14.2. The van der Waals surface area contributed by atoms with Crippen molar-refractivity contribution in [3.05, 3.63) is 293 Å². The van der Waals surface area contributed by atoms with Crippen molar-refractivity contribution in [1.82, 2.24) is 20.5 Å². The molecule has 0 radical (unpaired) electrons. The highest BCUT2D eigenvalue weighted by Gasteiger charge is 2.51. The van der Waals surface area contributed by atoms with Gasteiger partial charge in [0.2, 0.25) is 0 Å². The highest BCUT2D eigenvalue weighted by Crippen LogP contribution is 2.64. The number of amidine groups is 3. The maximum Gasteiger partial charge on any atom is 0.169 e. The van der Waals surface area contributed by atoms with Gasteiger partial charge >= 0.3 is 0 Å². The third-order valence-electron chi connectivity index (χ3n) is 15.3. The zero-order valence-electron chi connectivity index (χ0n) is 40.6. The van der Waals surface area contributed by atoms with Gasteiger partial charge in [-0.2, -0.15) is 0 Å². The van der Waals surface area contributed by atoms with E-state index in [1.54, 1.807) is 0 Å². The fourth-order valence-corrected chi connectivity index (χ4v) is 12.0. The molecule has 9 nitrogen and oxygen atoms in total. The molecule has 9 aromatic carbocycles. The summed E-state index contributed by atoms with van der Waals surface area (Å²) < 4.78 is 9.72. The topological polar surface area (TPSA) is 94.5 Å². The fourth-order valence-electron chi connectivity index (χ4n) is 12.0. The molecule has 3 aliphatic heterocycles.